The summed E-state index contributed by atoms with van der Waals surface area (Å²) in [6.07, 6.45) is -1.25. The first-order chi connectivity index (χ1) is 19.3. The first-order valence-electron chi connectivity index (χ1n) is 12.9. The molecule has 0 amide bonds. The van der Waals surface area contributed by atoms with Crippen LogP contribution in [0.4, 0.5) is 0 Å². The van der Waals surface area contributed by atoms with E-state index in [4.69, 9.17) is 19.6 Å². The molecule has 232 valence electrons. The van der Waals surface area contributed by atoms with E-state index < -0.39 is 52.4 Å². The molecule has 0 aromatic heterocycles. The van der Waals surface area contributed by atoms with Crippen molar-refractivity contribution in [3.8, 4) is 0 Å². The van der Waals surface area contributed by atoms with E-state index in [1.165, 1.54) is 5.56 Å². The molecule has 3 rings (SSSR count). The van der Waals surface area contributed by atoms with Gasteiger partial charge in [0.2, 0.25) is 0 Å². The molecular weight excluding hydrogens is 586 g/mol. The lowest BCUT2D eigenvalue weighted by Crippen LogP contribution is -2.41. The zero-order valence-corrected chi connectivity index (χ0v) is 25.7. The van der Waals surface area contributed by atoms with Crippen LogP contribution in [-0.4, -0.2) is 59.8 Å². The van der Waals surface area contributed by atoms with Crippen LogP contribution in [0.1, 0.15) is 61.6 Å². The Morgan fingerprint density at radius 3 is 1.40 bits per heavy atom. The molecule has 0 aliphatic heterocycles. The van der Waals surface area contributed by atoms with Crippen molar-refractivity contribution in [3.63, 3.8) is 0 Å². The molecule has 13 heteroatoms. The van der Waals surface area contributed by atoms with Gasteiger partial charge < -0.3 is 40.0 Å². The van der Waals surface area contributed by atoms with Gasteiger partial charge >= 0.3 is 15.6 Å². The Bertz CT molecular complexity index is 1350. The molecule has 1 unspecified atom stereocenters. The quantitative estimate of drug-likeness (QED) is 0.145. The summed E-state index contributed by atoms with van der Waals surface area (Å²) in [5.74, 6) is 0. The van der Waals surface area contributed by atoms with Gasteiger partial charge in [0.25, 0.3) is 0 Å². The monoisotopic (exact) mass is 626 g/mol. The molecule has 0 bridgehead atoms. The van der Waals surface area contributed by atoms with Gasteiger partial charge in [0, 0.05) is 10.8 Å². The minimum atomic E-state index is -5.05. The van der Waals surface area contributed by atoms with Crippen molar-refractivity contribution in [2.75, 3.05) is 19.8 Å². The highest BCUT2D eigenvalue weighted by Crippen LogP contribution is 2.53. The van der Waals surface area contributed by atoms with Crippen molar-refractivity contribution >= 4 is 15.6 Å². The fourth-order valence-corrected chi connectivity index (χ4v) is 5.74. The molecule has 0 spiro atoms. The highest BCUT2D eigenvalue weighted by Gasteiger charge is 2.41. The van der Waals surface area contributed by atoms with Gasteiger partial charge in [0.05, 0.1) is 31.3 Å². The number of hydrogen-bond acceptors (Lipinski definition) is 7. The summed E-state index contributed by atoms with van der Waals surface area (Å²) in [5.41, 5.74) is 2.62. The van der Waals surface area contributed by atoms with Gasteiger partial charge in [-0.25, -0.2) is 9.13 Å². The molecule has 1 atom stereocenters. The maximum absolute atomic E-state index is 11.4. The Hall–Kier alpha value is -2.24. The third kappa shape index (κ3) is 8.89. The van der Waals surface area contributed by atoms with Gasteiger partial charge in [-0.3, -0.25) is 0 Å². The van der Waals surface area contributed by atoms with Crippen molar-refractivity contribution in [2.24, 2.45) is 5.41 Å². The van der Waals surface area contributed by atoms with Crippen molar-refractivity contribution in [3.05, 3.63) is 107 Å². The topological polar surface area (TPSA) is 205 Å². The highest BCUT2D eigenvalue weighted by molar-refractivity contribution is 7.60. The van der Waals surface area contributed by atoms with Crippen LogP contribution in [0.3, 0.4) is 0 Å². The van der Waals surface area contributed by atoms with Gasteiger partial charge in [-0.1, -0.05) is 107 Å². The molecule has 0 saturated carbocycles. The third-order valence-electron chi connectivity index (χ3n) is 7.47. The smallest absolute Gasteiger partial charge is 0.395 e. The van der Waals surface area contributed by atoms with Gasteiger partial charge in [0.1, 0.15) is 0 Å². The second-order valence-corrected chi connectivity index (χ2v) is 13.7. The Labute approximate surface area is 245 Å². The van der Waals surface area contributed by atoms with Crippen LogP contribution in [0.2, 0.25) is 0 Å². The van der Waals surface area contributed by atoms with Crippen molar-refractivity contribution in [1.29, 1.82) is 0 Å². The molecule has 0 aliphatic carbocycles. The predicted octanol–water partition coefficient (Wildman–Crippen LogP) is 3.52. The Kier molecular flexibility index (Phi) is 12.0. The second kappa shape index (κ2) is 14.0. The molecule has 0 aliphatic rings. The second-order valence-electron chi connectivity index (χ2n) is 11.1. The molecule has 0 saturated heterocycles. The summed E-state index contributed by atoms with van der Waals surface area (Å²) in [6.45, 7) is 6.94. The molecule has 42 heavy (non-hydrogen) atoms. The van der Waals surface area contributed by atoms with Crippen LogP contribution in [0.5, 0.6) is 0 Å². The van der Waals surface area contributed by atoms with E-state index in [9.17, 15) is 29.6 Å². The van der Waals surface area contributed by atoms with Gasteiger partial charge in [-0.15, -0.1) is 0 Å². The van der Waals surface area contributed by atoms with Crippen LogP contribution in [0, 0.1) is 5.41 Å². The van der Waals surface area contributed by atoms with E-state index >= 15 is 0 Å². The minimum Gasteiger partial charge on any atom is -0.395 e. The number of aliphatic hydroxyl groups excluding tert-OH is 4. The lowest BCUT2D eigenvalue weighted by molar-refractivity contribution is -0.0857. The Morgan fingerprint density at radius 1 is 0.643 bits per heavy atom. The van der Waals surface area contributed by atoms with Gasteiger partial charge in [0.15, 0.2) is 0 Å². The fraction of sp³-hybridized carbons (Fsp3) is 0.379. The van der Waals surface area contributed by atoms with Gasteiger partial charge in [-0.05, 0) is 27.8 Å². The molecule has 3 aromatic carbocycles. The Balaban J connectivity index is 0.000000592. The van der Waals surface area contributed by atoms with E-state index in [0.29, 0.717) is 5.56 Å². The standard InChI is InChI=1S/C29H36O4.H4O7P2/c1-27(2,21-11-7-5-8-12-21)23-15-16-24(26(33)29(18-30,19-31)20-32)25(17-23)28(3,4)22-13-9-6-10-14-22;1-8(2,3)7-9(4,5)6/h5-17,26,30-33H,18-20H2,1-4H3;(H2,1,2,3)(H2,4,5,6). The van der Waals surface area contributed by atoms with Crippen LogP contribution in [0.25, 0.3) is 0 Å². The zero-order valence-electron chi connectivity index (χ0n) is 23.9. The molecule has 0 radical (unpaired) electrons. The Morgan fingerprint density at radius 2 is 1.05 bits per heavy atom. The van der Waals surface area contributed by atoms with E-state index in [1.807, 2.05) is 48.5 Å². The maximum atomic E-state index is 11.4. The number of hydrogen-bond donors (Lipinski definition) is 8. The molecule has 0 fully saturated rings. The first-order valence-corrected chi connectivity index (χ1v) is 16.0. The van der Waals surface area contributed by atoms with Crippen molar-refractivity contribution in [1.82, 2.24) is 0 Å². The SMILES string of the molecule is CC(C)(c1ccccc1)c1ccc(C(O)C(CO)(CO)CO)c(C(C)(C)c2ccccc2)c1.O=P(O)(O)OP(=O)(O)O. The minimum absolute atomic E-state index is 0.283. The lowest BCUT2D eigenvalue weighted by Gasteiger charge is -2.38. The summed E-state index contributed by atoms with van der Waals surface area (Å²) in [4.78, 5) is 31.0. The van der Waals surface area contributed by atoms with Crippen molar-refractivity contribution in [2.45, 2.75) is 44.6 Å². The fourth-order valence-electron chi connectivity index (χ4n) is 4.63. The van der Waals surface area contributed by atoms with Crippen LogP contribution in [-0.2, 0) is 24.3 Å². The lowest BCUT2D eigenvalue weighted by atomic mass is 9.69. The number of phosphoric acid groups is 2. The third-order valence-corrected chi connectivity index (χ3v) is 9.17. The molecule has 11 nitrogen and oxygen atoms in total. The first kappa shape index (κ1) is 36.0. The molecule has 0 heterocycles. The summed E-state index contributed by atoms with van der Waals surface area (Å²) in [7, 11) is -10.1. The highest BCUT2D eigenvalue weighted by atomic mass is 31.3. The number of benzene rings is 3. The zero-order chi connectivity index (χ0) is 32.0. The normalized spacial score (nSPS) is 13.7. The summed E-state index contributed by atoms with van der Waals surface area (Å²) >= 11 is 0. The number of aliphatic hydroxyl groups is 4. The summed E-state index contributed by atoms with van der Waals surface area (Å²) in [5, 5.41) is 41.3. The average Bonchev–Trinajstić information content (AvgIpc) is 2.93. The molecular formula is C29H40O11P2. The summed E-state index contributed by atoms with van der Waals surface area (Å²) < 4.78 is 22.2. The van der Waals surface area contributed by atoms with E-state index in [0.717, 1.165) is 16.7 Å². The van der Waals surface area contributed by atoms with E-state index in [1.54, 1.807) is 0 Å². The average molecular weight is 627 g/mol. The summed E-state index contributed by atoms with van der Waals surface area (Å²) in [6, 6.07) is 26.3. The van der Waals surface area contributed by atoms with Crippen LogP contribution in [0.15, 0.2) is 78.9 Å². The maximum Gasteiger partial charge on any atom is 0.478 e. The molecule has 8 N–H and O–H groups in total. The number of rotatable bonds is 11. The largest absolute Gasteiger partial charge is 0.478 e. The van der Waals surface area contributed by atoms with Crippen molar-refractivity contribution < 1.29 is 53.4 Å². The van der Waals surface area contributed by atoms with E-state index in [-0.39, 0.29) is 5.41 Å². The van der Waals surface area contributed by atoms with Crippen LogP contribution >= 0.6 is 15.6 Å². The molecule has 3 aromatic rings. The van der Waals surface area contributed by atoms with Crippen LogP contribution < -0.4 is 0 Å². The predicted molar refractivity (Wildman–Crippen MR) is 157 cm³/mol. The van der Waals surface area contributed by atoms with Gasteiger partial charge in [-0.2, -0.15) is 4.31 Å². The van der Waals surface area contributed by atoms with E-state index in [2.05, 4.69) is 62.3 Å².